The highest BCUT2D eigenvalue weighted by Gasteiger charge is 2.56. The highest BCUT2D eigenvalue weighted by atomic mass is 19.3. The molecule has 1 amide bonds. The van der Waals surface area contributed by atoms with Gasteiger partial charge in [0.25, 0.3) is 5.92 Å². The summed E-state index contributed by atoms with van der Waals surface area (Å²) < 4.78 is 26.0. The summed E-state index contributed by atoms with van der Waals surface area (Å²) in [6.45, 7) is 0.997. The first kappa shape index (κ1) is 10.7. The van der Waals surface area contributed by atoms with E-state index in [0.29, 0.717) is 0 Å². The molecule has 7 heteroatoms. The van der Waals surface area contributed by atoms with Crippen molar-refractivity contribution in [3.05, 3.63) is 0 Å². The molecule has 5 nitrogen and oxygen atoms in total. The first-order valence-electron chi connectivity index (χ1n) is 3.89. The minimum Gasteiger partial charge on any atom is -0.480 e. The summed E-state index contributed by atoms with van der Waals surface area (Å²) in [6, 6.07) is -3.25. The van der Waals surface area contributed by atoms with Crippen molar-refractivity contribution in [2.45, 2.75) is 31.4 Å². The fraction of sp³-hybridized carbons (Fsp3) is 0.714. The van der Waals surface area contributed by atoms with Gasteiger partial charge in [0.15, 0.2) is 0 Å². The molecule has 1 heterocycles. The van der Waals surface area contributed by atoms with E-state index in [1.165, 1.54) is 0 Å². The average molecular weight is 209 g/mol. The van der Waals surface area contributed by atoms with Gasteiger partial charge in [-0.15, -0.1) is 0 Å². The van der Waals surface area contributed by atoms with Gasteiger partial charge in [-0.05, 0) is 6.92 Å². The van der Waals surface area contributed by atoms with Crippen LogP contribution in [0, 0.1) is 0 Å². The number of rotatable bonds is 1. The van der Waals surface area contributed by atoms with Crippen molar-refractivity contribution in [1.29, 1.82) is 0 Å². The molecular weight excluding hydrogens is 200 g/mol. The van der Waals surface area contributed by atoms with Gasteiger partial charge in [-0.2, -0.15) is 0 Å². The predicted octanol–water partition coefficient (Wildman–Crippen LogP) is 0.847. The molecule has 1 aliphatic heterocycles. The van der Waals surface area contributed by atoms with Crippen molar-refractivity contribution >= 4 is 12.1 Å². The zero-order valence-electron chi connectivity index (χ0n) is 7.28. The van der Waals surface area contributed by atoms with Crippen LogP contribution in [0.3, 0.4) is 0 Å². The molecule has 1 saturated heterocycles. The summed E-state index contributed by atoms with van der Waals surface area (Å²) in [4.78, 5) is 21.3. The maximum atomic E-state index is 13.0. The van der Waals surface area contributed by atoms with Gasteiger partial charge < -0.3 is 10.2 Å². The van der Waals surface area contributed by atoms with Gasteiger partial charge in [-0.3, -0.25) is 4.90 Å². The molecule has 0 aromatic heterocycles. The SMILES string of the molecule is CC1N(C(=O)O)C(C(=O)O)CC1(F)F. The Morgan fingerprint density at radius 3 is 2.21 bits per heavy atom. The first-order valence-corrected chi connectivity index (χ1v) is 3.89. The third-order valence-corrected chi connectivity index (χ3v) is 2.34. The smallest absolute Gasteiger partial charge is 0.408 e. The van der Waals surface area contributed by atoms with E-state index in [2.05, 4.69) is 0 Å². The molecule has 1 aliphatic rings. The number of hydrogen-bond donors (Lipinski definition) is 2. The van der Waals surface area contributed by atoms with Crippen LogP contribution in [0.1, 0.15) is 13.3 Å². The third kappa shape index (κ3) is 1.49. The van der Waals surface area contributed by atoms with Gasteiger partial charge >= 0.3 is 12.1 Å². The molecule has 2 N–H and O–H groups in total. The lowest BCUT2D eigenvalue weighted by atomic mass is 10.1. The molecule has 2 atom stereocenters. The molecule has 0 aromatic rings. The van der Waals surface area contributed by atoms with Crippen molar-refractivity contribution in [3.63, 3.8) is 0 Å². The zero-order valence-corrected chi connectivity index (χ0v) is 7.28. The van der Waals surface area contributed by atoms with Crippen LogP contribution in [0.5, 0.6) is 0 Å². The average Bonchev–Trinajstić information content (AvgIpc) is 2.23. The number of alkyl halides is 2. The van der Waals surface area contributed by atoms with Crippen LogP contribution in [-0.4, -0.2) is 45.2 Å². The summed E-state index contributed by atoms with van der Waals surface area (Å²) in [5.74, 6) is -4.82. The van der Waals surface area contributed by atoms with Crippen molar-refractivity contribution in [3.8, 4) is 0 Å². The fourth-order valence-corrected chi connectivity index (χ4v) is 1.51. The molecule has 2 unspecified atom stereocenters. The Morgan fingerprint density at radius 2 is 1.93 bits per heavy atom. The Kier molecular flexibility index (Phi) is 2.34. The molecule has 1 rings (SSSR count). The number of likely N-dealkylation sites (tertiary alicyclic amines) is 1. The second-order valence-electron chi connectivity index (χ2n) is 3.19. The maximum absolute atomic E-state index is 13.0. The number of halogens is 2. The highest BCUT2D eigenvalue weighted by molar-refractivity contribution is 5.80. The number of carboxylic acid groups (broad SMARTS) is 2. The molecule has 14 heavy (non-hydrogen) atoms. The number of carboxylic acids is 1. The van der Waals surface area contributed by atoms with Crippen LogP contribution in [0.25, 0.3) is 0 Å². The van der Waals surface area contributed by atoms with E-state index in [-0.39, 0.29) is 4.90 Å². The van der Waals surface area contributed by atoms with Crippen LogP contribution >= 0.6 is 0 Å². The molecule has 1 fully saturated rings. The molecule has 0 saturated carbocycles. The van der Waals surface area contributed by atoms with Gasteiger partial charge in [0, 0.05) is 6.42 Å². The molecule has 0 spiro atoms. The monoisotopic (exact) mass is 209 g/mol. The second-order valence-corrected chi connectivity index (χ2v) is 3.19. The van der Waals surface area contributed by atoms with E-state index in [1.54, 1.807) is 0 Å². The number of amides is 1. The zero-order chi connectivity index (χ0) is 11.1. The number of hydrogen-bond acceptors (Lipinski definition) is 2. The molecule has 0 radical (unpaired) electrons. The molecule has 80 valence electrons. The van der Waals surface area contributed by atoms with Gasteiger partial charge in [0.2, 0.25) is 0 Å². The number of nitrogens with zero attached hydrogens (tertiary/aromatic N) is 1. The molecular formula is C7H9F2NO4. The van der Waals surface area contributed by atoms with Crippen molar-refractivity contribution in [1.82, 2.24) is 4.90 Å². The lowest BCUT2D eigenvalue weighted by Gasteiger charge is -2.23. The molecule has 0 aliphatic carbocycles. The highest BCUT2D eigenvalue weighted by Crippen LogP contribution is 2.37. The van der Waals surface area contributed by atoms with Gasteiger partial charge in [-0.1, -0.05) is 0 Å². The van der Waals surface area contributed by atoms with Gasteiger partial charge in [-0.25, -0.2) is 18.4 Å². The Labute approximate surface area is 77.9 Å². The largest absolute Gasteiger partial charge is 0.480 e. The first-order chi connectivity index (χ1) is 6.27. The van der Waals surface area contributed by atoms with E-state index in [9.17, 15) is 18.4 Å². The molecule has 0 aromatic carbocycles. The quantitative estimate of drug-likeness (QED) is 0.671. The van der Waals surface area contributed by atoms with E-state index < -0.39 is 36.5 Å². The van der Waals surface area contributed by atoms with Crippen LogP contribution in [0.15, 0.2) is 0 Å². The van der Waals surface area contributed by atoms with Crippen LogP contribution in [-0.2, 0) is 4.79 Å². The van der Waals surface area contributed by atoms with E-state index in [1.807, 2.05) is 0 Å². The topological polar surface area (TPSA) is 77.8 Å². The molecule has 0 bridgehead atoms. The Hall–Kier alpha value is -1.40. The standard InChI is InChI=1S/C7H9F2NO4/c1-3-7(8,9)2-4(5(11)12)10(3)6(13)14/h3-4H,2H2,1H3,(H,11,12)(H,13,14). The normalized spacial score (nSPS) is 30.4. The second kappa shape index (κ2) is 3.07. The summed E-state index contributed by atoms with van der Waals surface area (Å²) in [5.41, 5.74) is 0. The lowest BCUT2D eigenvalue weighted by molar-refractivity contribution is -0.142. The van der Waals surface area contributed by atoms with E-state index in [4.69, 9.17) is 10.2 Å². The van der Waals surface area contributed by atoms with Crippen molar-refractivity contribution in [2.75, 3.05) is 0 Å². The number of carbonyl (C=O) groups is 2. The van der Waals surface area contributed by atoms with Crippen LogP contribution in [0.4, 0.5) is 13.6 Å². The van der Waals surface area contributed by atoms with E-state index >= 15 is 0 Å². The van der Waals surface area contributed by atoms with E-state index in [0.717, 1.165) is 6.92 Å². The van der Waals surface area contributed by atoms with Gasteiger partial charge in [0.05, 0.1) is 6.04 Å². The summed E-state index contributed by atoms with van der Waals surface area (Å²) in [7, 11) is 0. The summed E-state index contributed by atoms with van der Waals surface area (Å²) in [5, 5.41) is 17.1. The summed E-state index contributed by atoms with van der Waals surface area (Å²) in [6.07, 6.45) is -2.60. The van der Waals surface area contributed by atoms with Crippen LogP contribution in [0.2, 0.25) is 0 Å². The number of aliphatic carboxylic acids is 1. The summed E-state index contributed by atoms with van der Waals surface area (Å²) >= 11 is 0. The third-order valence-electron chi connectivity index (χ3n) is 2.34. The Bertz CT molecular complexity index is 281. The Balaban J connectivity index is 2.99. The maximum Gasteiger partial charge on any atom is 0.408 e. The van der Waals surface area contributed by atoms with Crippen molar-refractivity contribution in [2.24, 2.45) is 0 Å². The predicted molar refractivity (Wildman–Crippen MR) is 40.3 cm³/mol. The lowest BCUT2D eigenvalue weighted by Crippen LogP contribution is -2.45. The van der Waals surface area contributed by atoms with Gasteiger partial charge in [0.1, 0.15) is 6.04 Å². The fourth-order valence-electron chi connectivity index (χ4n) is 1.51. The minimum atomic E-state index is -3.28. The van der Waals surface area contributed by atoms with Crippen molar-refractivity contribution < 1.29 is 28.6 Å². The minimum absolute atomic E-state index is 0.280. The Morgan fingerprint density at radius 1 is 1.43 bits per heavy atom. The van der Waals surface area contributed by atoms with Crippen LogP contribution < -0.4 is 0 Å².